The molecule has 0 saturated carbocycles. The number of nitrogens with one attached hydrogen (secondary N) is 1. The molecule has 9 nitrogen and oxygen atoms in total. The molecule has 2 saturated heterocycles. The monoisotopic (exact) mass is 413 g/mol. The maximum atomic E-state index is 12.9. The first-order valence-electron chi connectivity index (χ1n) is 9.88. The van der Waals surface area contributed by atoms with Crippen LogP contribution in [0.5, 0.6) is 0 Å². The predicted molar refractivity (Wildman–Crippen MR) is 104 cm³/mol. The number of rotatable bonds is 2. The number of likely N-dealkylation sites (tertiary alicyclic amines) is 1. The van der Waals surface area contributed by atoms with Gasteiger partial charge in [-0.1, -0.05) is 6.07 Å². The molecule has 3 aliphatic heterocycles. The van der Waals surface area contributed by atoms with Gasteiger partial charge in [0.2, 0.25) is 11.8 Å². The molecule has 2 fully saturated rings. The molecule has 9 heteroatoms. The zero-order valence-electron chi connectivity index (χ0n) is 17.1. The van der Waals surface area contributed by atoms with E-state index in [1.165, 1.54) is 0 Å². The second-order valence-electron chi connectivity index (χ2n) is 8.83. The van der Waals surface area contributed by atoms with Crippen LogP contribution in [0.15, 0.2) is 18.2 Å². The minimum absolute atomic E-state index is 0.0374. The van der Waals surface area contributed by atoms with Crippen molar-refractivity contribution >= 4 is 29.7 Å². The first-order valence-corrected chi connectivity index (χ1v) is 9.88. The highest BCUT2D eigenvalue weighted by molar-refractivity contribution is 6.23. The lowest BCUT2D eigenvalue weighted by atomic mass is 9.90. The molecule has 0 bridgehead atoms. The number of carbonyl (C=O) groups excluding carboxylic acids is 5. The Kier molecular flexibility index (Phi) is 4.63. The first-order chi connectivity index (χ1) is 14.0. The molecule has 0 aromatic heterocycles. The van der Waals surface area contributed by atoms with Gasteiger partial charge in [-0.2, -0.15) is 0 Å². The maximum absolute atomic E-state index is 12.9. The molecule has 0 radical (unpaired) electrons. The summed E-state index contributed by atoms with van der Waals surface area (Å²) in [4.78, 5) is 63.8. The Labute approximate surface area is 173 Å². The number of carbonyl (C=O) groups is 5. The third-order valence-corrected chi connectivity index (χ3v) is 5.47. The number of nitrogens with zero attached hydrogens (tertiary/aromatic N) is 2. The second kappa shape index (κ2) is 6.93. The summed E-state index contributed by atoms with van der Waals surface area (Å²) in [5.74, 6) is -2.06. The standard InChI is InChI=1S/C21H23N3O6/c1-21(2,3)30-20(29)23-9-12(10-23)11-4-5-13-14(8-11)19(28)24(18(13)27)15-6-7-16(25)22-17(15)26/h4-5,8,12,15H,6-7,9-10H2,1-3H3,(H,22,25,26). The number of hydrogen-bond donors (Lipinski definition) is 1. The SMILES string of the molecule is CC(C)(C)OC(=O)N1CC(c2ccc3c(c2)C(=O)N(C2CCC(=O)NC2=O)C3=O)C1. The van der Waals surface area contributed by atoms with Crippen molar-refractivity contribution in [2.24, 2.45) is 0 Å². The van der Waals surface area contributed by atoms with Crippen LogP contribution in [0, 0.1) is 0 Å². The van der Waals surface area contributed by atoms with Crippen LogP contribution in [0.3, 0.4) is 0 Å². The van der Waals surface area contributed by atoms with Gasteiger partial charge >= 0.3 is 6.09 Å². The summed E-state index contributed by atoms with van der Waals surface area (Å²) >= 11 is 0. The lowest BCUT2D eigenvalue weighted by Crippen LogP contribution is -2.54. The van der Waals surface area contributed by atoms with E-state index in [2.05, 4.69) is 5.32 Å². The van der Waals surface area contributed by atoms with Crippen LogP contribution in [0.1, 0.15) is 65.8 Å². The highest BCUT2D eigenvalue weighted by atomic mass is 16.6. The third-order valence-electron chi connectivity index (χ3n) is 5.47. The van der Waals surface area contributed by atoms with E-state index in [-0.39, 0.29) is 36.0 Å². The summed E-state index contributed by atoms with van der Waals surface area (Å²) in [5, 5.41) is 2.18. The minimum atomic E-state index is -0.982. The zero-order chi connectivity index (χ0) is 21.8. The van der Waals surface area contributed by atoms with Crippen molar-refractivity contribution in [1.29, 1.82) is 0 Å². The van der Waals surface area contributed by atoms with Gasteiger partial charge in [-0.05, 0) is 44.9 Å². The average Bonchev–Trinajstić information content (AvgIpc) is 2.83. The Morgan fingerprint density at radius 2 is 1.73 bits per heavy atom. The minimum Gasteiger partial charge on any atom is -0.444 e. The quantitative estimate of drug-likeness (QED) is 0.734. The summed E-state index contributed by atoms with van der Waals surface area (Å²) in [6.45, 7) is 6.35. The number of hydrogen-bond acceptors (Lipinski definition) is 6. The number of amides is 5. The van der Waals surface area contributed by atoms with E-state index in [9.17, 15) is 24.0 Å². The van der Waals surface area contributed by atoms with Crippen LogP contribution in [-0.4, -0.2) is 64.3 Å². The van der Waals surface area contributed by atoms with Gasteiger partial charge in [0.15, 0.2) is 0 Å². The van der Waals surface area contributed by atoms with Gasteiger partial charge in [0, 0.05) is 25.4 Å². The maximum Gasteiger partial charge on any atom is 0.410 e. The van der Waals surface area contributed by atoms with E-state index in [0.717, 1.165) is 10.5 Å². The van der Waals surface area contributed by atoms with Crippen molar-refractivity contribution in [3.05, 3.63) is 34.9 Å². The molecule has 1 aromatic carbocycles. The number of fused-ring (bicyclic) bond motifs is 1. The molecule has 0 aliphatic carbocycles. The van der Waals surface area contributed by atoms with Gasteiger partial charge < -0.3 is 9.64 Å². The molecule has 3 heterocycles. The van der Waals surface area contributed by atoms with Crippen molar-refractivity contribution in [3.8, 4) is 0 Å². The predicted octanol–water partition coefficient (Wildman–Crippen LogP) is 1.42. The van der Waals surface area contributed by atoms with Gasteiger partial charge in [0.25, 0.3) is 11.8 Å². The smallest absolute Gasteiger partial charge is 0.410 e. The third kappa shape index (κ3) is 3.44. The van der Waals surface area contributed by atoms with E-state index in [1.54, 1.807) is 43.9 Å². The van der Waals surface area contributed by atoms with E-state index in [0.29, 0.717) is 13.1 Å². The molecule has 158 valence electrons. The van der Waals surface area contributed by atoms with Crippen LogP contribution in [0.2, 0.25) is 0 Å². The van der Waals surface area contributed by atoms with Crippen LogP contribution in [-0.2, 0) is 14.3 Å². The first kappa shape index (κ1) is 20.1. The van der Waals surface area contributed by atoms with E-state index in [1.807, 2.05) is 0 Å². The number of piperidine rings is 1. The van der Waals surface area contributed by atoms with Gasteiger partial charge in [-0.25, -0.2) is 4.79 Å². The summed E-state index contributed by atoms with van der Waals surface area (Å²) in [6, 6.07) is 4.05. The summed E-state index contributed by atoms with van der Waals surface area (Å²) in [5.41, 5.74) is 0.775. The molecular formula is C21H23N3O6. The average molecular weight is 413 g/mol. The fourth-order valence-corrected chi connectivity index (χ4v) is 3.91. The van der Waals surface area contributed by atoms with Crippen LogP contribution >= 0.6 is 0 Å². The van der Waals surface area contributed by atoms with Crippen molar-refractivity contribution in [2.45, 2.75) is 51.2 Å². The summed E-state index contributed by atoms with van der Waals surface area (Å²) in [6.07, 6.45) is -0.177. The number of benzene rings is 1. The molecule has 3 aliphatic rings. The Hall–Kier alpha value is -3.23. The van der Waals surface area contributed by atoms with Gasteiger partial charge in [0.1, 0.15) is 11.6 Å². The van der Waals surface area contributed by atoms with Crippen molar-refractivity contribution < 1.29 is 28.7 Å². The van der Waals surface area contributed by atoms with E-state index < -0.39 is 35.3 Å². The highest BCUT2D eigenvalue weighted by Crippen LogP contribution is 2.33. The highest BCUT2D eigenvalue weighted by Gasteiger charge is 2.45. The molecule has 30 heavy (non-hydrogen) atoms. The van der Waals surface area contributed by atoms with Gasteiger partial charge in [-0.15, -0.1) is 0 Å². The summed E-state index contributed by atoms with van der Waals surface area (Å²) in [7, 11) is 0. The lowest BCUT2D eigenvalue weighted by Gasteiger charge is -2.40. The number of imide groups is 2. The van der Waals surface area contributed by atoms with Crippen molar-refractivity contribution in [3.63, 3.8) is 0 Å². The molecule has 1 N–H and O–H groups in total. The van der Waals surface area contributed by atoms with Crippen LogP contribution < -0.4 is 5.32 Å². The molecule has 1 unspecified atom stereocenters. The van der Waals surface area contributed by atoms with Gasteiger partial charge in [0.05, 0.1) is 11.1 Å². The Bertz CT molecular complexity index is 973. The molecular weight excluding hydrogens is 390 g/mol. The topological polar surface area (TPSA) is 113 Å². The van der Waals surface area contributed by atoms with Crippen LogP contribution in [0.4, 0.5) is 4.79 Å². The zero-order valence-corrected chi connectivity index (χ0v) is 17.1. The van der Waals surface area contributed by atoms with E-state index >= 15 is 0 Å². The van der Waals surface area contributed by atoms with Gasteiger partial charge in [-0.3, -0.25) is 29.4 Å². The molecule has 1 atom stereocenters. The Morgan fingerprint density at radius 3 is 2.37 bits per heavy atom. The Morgan fingerprint density at radius 1 is 1.07 bits per heavy atom. The van der Waals surface area contributed by atoms with Crippen LogP contribution in [0.25, 0.3) is 0 Å². The van der Waals surface area contributed by atoms with Crippen molar-refractivity contribution in [1.82, 2.24) is 15.1 Å². The molecule has 1 aromatic rings. The lowest BCUT2D eigenvalue weighted by molar-refractivity contribution is -0.136. The fourth-order valence-electron chi connectivity index (χ4n) is 3.91. The Balaban J connectivity index is 1.48. The second-order valence-corrected chi connectivity index (χ2v) is 8.83. The number of ether oxygens (including phenoxy) is 1. The molecule has 0 spiro atoms. The van der Waals surface area contributed by atoms with Crippen molar-refractivity contribution in [2.75, 3.05) is 13.1 Å². The van der Waals surface area contributed by atoms with E-state index in [4.69, 9.17) is 4.74 Å². The molecule has 5 amide bonds. The largest absolute Gasteiger partial charge is 0.444 e. The summed E-state index contributed by atoms with van der Waals surface area (Å²) < 4.78 is 5.35. The molecule has 4 rings (SSSR count). The normalized spacial score (nSPS) is 22.0. The fraction of sp³-hybridized carbons (Fsp3) is 0.476.